The predicted molar refractivity (Wildman–Crippen MR) is 112 cm³/mol. The van der Waals surface area contributed by atoms with E-state index in [0.717, 1.165) is 23.6 Å². The molecule has 0 saturated carbocycles. The minimum Gasteiger partial charge on any atom is -0.496 e. The molecule has 2 N–H and O–H groups in total. The zero-order valence-electron chi connectivity index (χ0n) is 18.1. The largest absolute Gasteiger partial charge is 0.496 e. The molecule has 0 amide bonds. The molecule has 1 atom stereocenters. The van der Waals surface area contributed by atoms with E-state index in [9.17, 15) is 18.0 Å². The van der Waals surface area contributed by atoms with Crippen molar-refractivity contribution in [3.05, 3.63) is 52.7 Å². The van der Waals surface area contributed by atoms with Crippen molar-refractivity contribution in [1.82, 2.24) is 4.98 Å². The summed E-state index contributed by atoms with van der Waals surface area (Å²) >= 11 is 0. The Labute approximate surface area is 180 Å². The summed E-state index contributed by atoms with van der Waals surface area (Å²) in [6.07, 6.45) is -2.61. The molecular formula is C23H29F3N2O3. The predicted octanol–water partition coefficient (Wildman–Crippen LogP) is 5.05. The highest BCUT2D eigenvalue weighted by molar-refractivity contribution is 5.85. The van der Waals surface area contributed by atoms with Crippen LogP contribution in [0.2, 0.25) is 0 Å². The zero-order valence-corrected chi connectivity index (χ0v) is 18.1. The van der Waals surface area contributed by atoms with E-state index in [2.05, 4.69) is 4.98 Å². The summed E-state index contributed by atoms with van der Waals surface area (Å²) in [5, 5.41) is 0. The van der Waals surface area contributed by atoms with Crippen molar-refractivity contribution in [2.45, 2.75) is 58.2 Å². The van der Waals surface area contributed by atoms with Crippen molar-refractivity contribution in [2.75, 3.05) is 13.7 Å². The van der Waals surface area contributed by atoms with E-state index in [4.69, 9.17) is 15.2 Å². The number of unbranched alkanes of at least 4 members (excludes halogenated alkanes) is 1. The number of aromatic nitrogens is 1. The van der Waals surface area contributed by atoms with E-state index in [1.807, 2.05) is 19.1 Å². The third kappa shape index (κ3) is 6.69. The molecule has 0 fully saturated rings. The van der Waals surface area contributed by atoms with Gasteiger partial charge in [-0.05, 0) is 30.5 Å². The topological polar surface area (TPSA) is 74.4 Å². The number of pyridine rings is 1. The molecule has 5 nitrogen and oxygen atoms in total. The smallest absolute Gasteiger partial charge is 0.433 e. The maximum atomic E-state index is 13.0. The molecule has 1 unspecified atom stereocenters. The summed E-state index contributed by atoms with van der Waals surface area (Å²) in [5.41, 5.74) is 6.80. The van der Waals surface area contributed by atoms with Crippen LogP contribution in [0.1, 0.15) is 61.4 Å². The number of benzene rings is 1. The van der Waals surface area contributed by atoms with E-state index < -0.39 is 17.8 Å². The van der Waals surface area contributed by atoms with Crippen LogP contribution in [0.15, 0.2) is 30.3 Å². The Morgan fingerprint density at radius 3 is 2.52 bits per heavy atom. The van der Waals surface area contributed by atoms with Gasteiger partial charge in [0.1, 0.15) is 17.2 Å². The van der Waals surface area contributed by atoms with Crippen LogP contribution in [-0.4, -0.2) is 24.5 Å². The fourth-order valence-corrected chi connectivity index (χ4v) is 3.11. The lowest BCUT2D eigenvalue weighted by atomic mass is 9.92. The van der Waals surface area contributed by atoms with Crippen molar-refractivity contribution in [2.24, 2.45) is 5.73 Å². The number of aryl methyl sites for hydroxylation is 1. The summed E-state index contributed by atoms with van der Waals surface area (Å²) in [6, 6.07) is 7.73. The van der Waals surface area contributed by atoms with Crippen molar-refractivity contribution in [1.29, 1.82) is 0 Å². The SMILES string of the molecule is CCCCOc1nc(C(F)(F)F)ccc1CCC(=O)C(C)c1ccc(CN)c(OC)c1. The second-order valence-electron chi connectivity index (χ2n) is 7.32. The number of carbonyl (C=O) groups is 1. The molecule has 0 spiro atoms. The van der Waals surface area contributed by atoms with Gasteiger partial charge in [-0.3, -0.25) is 4.79 Å². The molecule has 0 aliphatic heterocycles. The van der Waals surface area contributed by atoms with E-state index in [0.29, 0.717) is 24.3 Å². The summed E-state index contributed by atoms with van der Waals surface area (Å²) in [6.45, 7) is 4.35. The molecule has 0 radical (unpaired) electrons. The van der Waals surface area contributed by atoms with E-state index in [1.165, 1.54) is 6.07 Å². The van der Waals surface area contributed by atoms with Crippen molar-refractivity contribution in [3.8, 4) is 11.6 Å². The highest BCUT2D eigenvalue weighted by atomic mass is 19.4. The molecule has 2 aromatic rings. The lowest BCUT2D eigenvalue weighted by molar-refractivity contribution is -0.141. The van der Waals surface area contributed by atoms with E-state index >= 15 is 0 Å². The van der Waals surface area contributed by atoms with Crippen LogP contribution in [0, 0.1) is 0 Å². The van der Waals surface area contributed by atoms with Crippen LogP contribution in [0.5, 0.6) is 11.6 Å². The van der Waals surface area contributed by atoms with Gasteiger partial charge in [-0.2, -0.15) is 13.2 Å². The number of alkyl halides is 3. The van der Waals surface area contributed by atoms with Crippen LogP contribution in [-0.2, 0) is 23.9 Å². The number of ether oxygens (including phenoxy) is 2. The molecule has 170 valence electrons. The molecule has 1 aromatic heterocycles. The minimum atomic E-state index is -4.56. The maximum Gasteiger partial charge on any atom is 0.433 e. The molecule has 0 saturated heterocycles. The maximum absolute atomic E-state index is 13.0. The fraction of sp³-hybridized carbons (Fsp3) is 0.478. The average Bonchev–Trinajstić information content (AvgIpc) is 2.76. The number of methoxy groups -OCH3 is 1. The second-order valence-corrected chi connectivity index (χ2v) is 7.32. The third-order valence-electron chi connectivity index (χ3n) is 5.12. The Balaban J connectivity index is 2.14. The lowest BCUT2D eigenvalue weighted by Gasteiger charge is -2.16. The first kappa shape index (κ1) is 24.7. The average molecular weight is 438 g/mol. The highest BCUT2D eigenvalue weighted by Crippen LogP contribution is 2.31. The van der Waals surface area contributed by atoms with Crippen LogP contribution < -0.4 is 15.2 Å². The first-order valence-electron chi connectivity index (χ1n) is 10.3. The third-order valence-corrected chi connectivity index (χ3v) is 5.12. The highest BCUT2D eigenvalue weighted by Gasteiger charge is 2.33. The Morgan fingerprint density at radius 2 is 1.90 bits per heavy atom. The lowest BCUT2D eigenvalue weighted by Crippen LogP contribution is -2.13. The van der Waals surface area contributed by atoms with Gasteiger partial charge in [-0.1, -0.05) is 38.5 Å². The normalized spacial score (nSPS) is 12.5. The van der Waals surface area contributed by atoms with Crippen LogP contribution in [0.25, 0.3) is 0 Å². The summed E-state index contributed by atoms with van der Waals surface area (Å²) in [7, 11) is 1.54. The van der Waals surface area contributed by atoms with Crippen molar-refractivity contribution >= 4 is 5.78 Å². The number of nitrogens with two attached hydrogens (primary N) is 1. The van der Waals surface area contributed by atoms with Gasteiger partial charge in [0.25, 0.3) is 0 Å². The molecular weight excluding hydrogens is 409 g/mol. The molecule has 0 aliphatic carbocycles. The number of Topliss-reactive ketones (excluding diaryl/α,β-unsaturated/α-hetero) is 1. The Hall–Kier alpha value is -2.61. The fourth-order valence-electron chi connectivity index (χ4n) is 3.11. The summed E-state index contributed by atoms with van der Waals surface area (Å²) in [4.78, 5) is 16.4. The standard InChI is InChI=1S/C23H29F3N2O3/c1-4-5-12-31-22-16(9-11-21(28-22)23(24,25)26)8-10-19(29)15(2)17-6-7-18(14-27)20(13-17)30-3/h6-7,9,11,13,15H,4-5,8,10,12,14,27H2,1-3H3. The Bertz CT molecular complexity index is 885. The van der Waals surface area contributed by atoms with Gasteiger partial charge < -0.3 is 15.2 Å². The van der Waals surface area contributed by atoms with Crippen LogP contribution in [0.4, 0.5) is 13.2 Å². The number of halogens is 3. The van der Waals surface area contributed by atoms with Gasteiger partial charge in [0.2, 0.25) is 5.88 Å². The van der Waals surface area contributed by atoms with Crippen LogP contribution in [0.3, 0.4) is 0 Å². The first-order chi connectivity index (χ1) is 14.7. The molecule has 0 aliphatic rings. The van der Waals surface area contributed by atoms with E-state index in [-0.39, 0.29) is 31.1 Å². The van der Waals surface area contributed by atoms with Gasteiger partial charge in [-0.15, -0.1) is 0 Å². The Morgan fingerprint density at radius 1 is 1.19 bits per heavy atom. The molecule has 31 heavy (non-hydrogen) atoms. The number of hydrogen-bond acceptors (Lipinski definition) is 5. The van der Waals surface area contributed by atoms with E-state index in [1.54, 1.807) is 20.1 Å². The molecule has 0 bridgehead atoms. The molecule has 2 rings (SSSR count). The number of nitrogens with zero attached hydrogens (tertiary/aromatic N) is 1. The zero-order chi connectivity index (χ0) is 23.0. The van der Waals surface area contributed by atoms with Gasteiger partial charge in [0.05, 0.1) is 13.7 Å². The Kier molecular flexibility index (Phi) is 8.86. The molecule has 8 heteroatoms. The van der Waals surface area contributed by atoms with Gasteiger partial charge in [-0.25, -0.2) is 4.98 Å². The molecule has 1 heterocycles. The van der Waals surface area contributed by atoms with Crippen molar-refractivity contribution < 1.29 is 27.4 Å². The van der Waals surface area contributed by atoms with Crippen molar-refractivity contribution in [3.63, 3.8) is 0 Å². The van der Waals surface area contributed by atoms with Gasteiger partial charge in [0.15, 0.2) is 0 Å². The monoisotopic (exact) mass is 438 g/mol. The summed E-state index contributed by atoms with van der Waals surface area (Å²) in [5.74, 6) is 0.130. The minimum absolute atomic E-state index is 0.0399. The number of carbonyl (C=O) groups excluding carboxylic acids is 1. The number of hydrogen-bond donors (Lipinski definition) is 1. The van der Waals surface area contributed by atoms with Crippen LogP contribution >= 0.6 is 0 Å². The first-order valence-corrected chi connectivity index (χ1v) is 10.3. The quantitative estimate of drug-likeness (QED) is 0.497. The number of ketones is 1. The molecule has 1 aromatic carbocycles. The second kappa shape index (κ2) is 11.1. The van der Waals surface area contributed by atoms with Gasteiger partial charge >= 0.3 is 6.18 Å². The van der Waals surface area contributed by atoms with Gasteiger partial charge in [0, 0.05) is 30.0 Å². The summed E-state index contributed by atoms with van der Waals surface area (Å²) < 4.78 is 49.9. The number of rotatable bonds is 11.